The largest absolute Gasteiger partial charge is 0.370 e. The molecule has 0 amide bonds. The standard InChI is InChI=1S/C12H18N4.HI/c13-12(15-8-10-3-1-4-10)16-9-11-5-2-6-14-7-11;/h2,5-7,10H,1,3-4,8-9H2,(H3,13,15,16);1H. The van der Waals surface area contributed by atoms with Crippen LogP contribution < -0.4 is 11.1 Å². The maximum absolute atomic E-state index is 5.77. The topological polar surface area (TPSA) is 63.3 Å². The molecule has 1 saturated carbocycles. The highest BCUT2D eigenvalue weighted by atomic mass is 127. The van der Waals surface area contributed by atoms with E-state index >= 15 is 0 Å². The van der Waals surface area contributed by atoms with Crippen molar-refractivity contribution in [2.75, 3.05) is 6.54 Å². The number of hydrogen-bond acceptors (Lipinski definition) is 2. The summed E-state index contributed by atoms with van der Waals surface area (Å²) in [5.41, 5.74) is 6.85. The van der Waals surface area contributed by atoms with Crippen LogP contribution in [0.2, 0.25) is 0 Å². The normalized spacial score (nSPS) is 15.9. The van der Waals surface area contributed by atoms with E-state index in [4.69, 9.17) is 5.73 Å². The number of rotatable bonds is 4. The number of nitrogens with two attached hydrogens (primary N) is 1. The number of guanidine groups is 1. The zero-order chi connectivity index (χ0) is 11.2. The lowest BCUT2D eigenvalue weighted by Gasteiger charge is -2.25. The van der Waals surface area contributed by atoms with E-state index in [0.717, 1.165) is 18.0 Å². The predicted octanol–water partition coefficient (Wildman–Crippen LogP) is 1.90. The Morgan fingerprint density at radius 1 is 1.53 bits per heavy atom. The van der Waals surface area contributed by atoms with Crippen LogP contribution in [0.3, 0.4) is 0 Å². The number of halogens is 1. The fourth-order valence-electron chi connectivity index (χ4n) is 1.67. The second-order valence-electron chi connectivity index (χ2n) is 4.24. The van der Waals surface area contributed by atoms with Crippen molar-refractivity contribution in [3.8, 4) is 0 Å². The van der Waals surface area contributed by atoms with E-state index in [1.165, 1.54) is 19.3 Å². The molecule has 5 heteroatoms. The van der Waals surface area contributed by atoms with E-state index < -0.39 is 0 Å². The van der Waals surface area contributed by atoms with Gasteiger partial charge in [0.05, 0.1) is 6.54 Å². The molecular formula is C12H19IN4. The minimum absolute atomic E-state index is 0. The van der Waals surface area contributed by atoms with Gasteiger partial charge in [-0.3, -0.25) is 4.98 Å². The summed E-state index contributed by atoms with van der Waals surface area (Å²) in [4.78, 5) is 8.30. The lowest BCUT2D eigenvalue weighted by Crippen LogP contribution is -2.37. The Hall–Kier alpha value is -0.850. The molecule has 0 atom stereocenters. The summed E-state index contributed by atoms with van der Waals surface area (Å²) < 4.78 is 0. The van der Waals surface area contributed by atoms with Crippen LogP contribution in [0.25, 0.3) is 0 Å². The van der Waals surface area contributed by atoms with Crippen LogP contribution in [-0.2, 0) is 6.54 Å². The van der Waals surface area contributed by atoms with Crippen molar-refractivity contribution >= 4 is 29.9 Å². The summed E-state index contributed by atoms with van der Waals surface area (Å²) in [5, 5.41) is 3.16. The fraction of sp³-hybridized carbons (Fsp3) is 0.500. The van der Waals surface area contributed by atoms with Crippen molar-refractivity contribution < 1.29 is 0 Å². The van der Waals surface area contributed by atoms with Crippen molar-refractivity contribution in [2.24, 2.45) is 16.6 Å². The van der Waals surface area contributed by atoms with Gasteiger partial charge >= 0.3 is 0 Å². The third-order valence-electron chi connectivity index (χ3n) is 2.95. The van der Waals surface area contributed by atoms with Gasteiger partial charge in [0.2, 0.25) is 0 Å². The zero-order valence-electron chi connectivity index (χ0n) is 9.80. The second kappa shape index (κ2) is 7.47. The molecule has 94 valence electrons. The van der Waals surface area contributed by atoms with Crippen LogP contribution in [0.5, 0.6) is 0 Å². The molecule has 1 aromatic rings. The molecular weight excluding hydrogens is 327 g/mol. The molecule has 1 aliphatic rings. The van der Waals surface area contributed by atoms with E-state index in [1.807, 2.05) is 18.3 Å². The molecule has 0 spiro atoms. The van der Waals surface area contributed by atoms with Crippen LogP contribution in [0.1, 0.15) is 24.8 Å². The van der Waals surface area contributed by atoms with Crippen molar-refractivity contribution in [1.82, 2.24) is 10.3 Å². The number of nitrogens with one attached hydrogen (secondary N) is 1. The molecule has 0 aromatic carbocycles. The van der Waals surface area contributed by atoms with Gasteiger partial charge < -0.3 is 11.1 Å². The van der Waals surface area contributed by atoms with Crippen LogP contribution in [-0.4, -0.2) is 17.5 Å². The fourth-order valence-corrected chi connectivity index (χ4v) is 1.67. The highest BCUT2D eigenvalue weighted by Crippen LogP contribution is 2.24. The Kier molecular flexibility index (Phi) is 6.25. The first-order valence-electron chi connectivity index (χ1n) is 5.77. The number of hydrogen-bond donors (Lipinski definition) is 2. The summed E-state index contributed by atoms with van der Waals surface area (Å²) in [6.45, 7) is 1.56. The summed E-state index contributed by atoms with van der Waals surface area (Å²) >= 11 is 0. The molecule has 17 heavy (non-hydrogen) atoms. The summed E-state index contributed by atoms with van der Waals surface area (Å²) in [5.74, 6) is 1.34. The van der Waals surface area contributed by atoms with Gasteiger partial charge in [0.15, 0.2) is 5.96 Å². The molecule has 0 aliphatic heterocycles. The lowest BCUT2D eigenvalue weighted by atomic mass is 9.85. The average molecular weight is 346 g/mol. The van der Waals surface area contributed by atoms with Gasteiger partial charge in [-0.05, 0) is 30.4 Å². The zero-order valence-corrected chi connectivity index (χ0v) is 12.1. The third-order valence-corrected chi connectivity index (χ3v) is 2.95. The molecule has 1 fully saturated rings. The Bertz CT molecular complexity index is 349. The van der Waals surface area contributed by atoms with Crippen molar-refractivity contribution in [3.63, 3.8) is 0 Å². The molecule has 0 radical (unpaired) electrons. The highest BCUT2D eigenvalue weighted by molar-refractivity contribution is 14.0. The number of aromatic nitrogens is 1. The maximum Gasteiger partial charge on any atom is 0.188 e. The summed E-state index contributed by atoms with van der Waals surface area (Å²) in [7, 11) is 0. The lowest BCUT2D eigenvalue weighted by molar-refractivity contribution is 0.315. The SMILES string of the molecule is I.NC(=NCc1cccnc1)NCC1CCC1. The van der Waals surface area contributed by atoms with E-state index in [1.54, 1.807) is 6.20 Å². The molecule has 1 aromatic heterocycles. The predicted molar refractivity (Wildman–Crippen MR) is 80.3 cm³/mol. The third kappa shape index (κ3) is 4.89. The average Bonchev–Trinajstić information content (AvgIpc) is 2.26. The molecule has 0 unspecified atom stereocenters. The summed E-state index contributed by atoms with van der Waals surface area (Å²) in [6.07, 6.45) is 7.57. The van der Waals surface area contributed by atoms with E-state index in [9.17, 15) is 0 Å². The van der Waals surface area contributed by atoms with Gasteiger partial charge in [0.1, 0.15) is 0 Å². The molecule has 0 saturated heterocycles. The minimum Gasteiger partial charge on any atom is -0.370 e. The molecule has 4 nitrogen and oxygen atoms in total. The van der Waals surface area contributed by atoms with Crippen molar-refractivity contribution in [2.45, 2.75) is 25.8 Å². The van der Waals surface area contributed by atoms with E-state index in [-0.39, 0.29) is 24.0 Å². The number of nitrogens with zero attached hydrogens (tertiary/aromatic N) is 2. The Balaban J connectivity index is 0.00000144. The van der Waals surface area contributed by atoms with Gasteiger partial charge in [-0.25, -0.2) is 4.99 Å². The molecule has 3 N–H and O–H groups in total. The summed E-state index contributed by atoms with van der Waals surface area (Å²) in [6, 6.07) is 3.90. The maximum atomic E-state index is 5.77. The van der Waals surface area contributed by atoms with E-state index in [2.05, 4.69) is 15.3 Å². The second-order valence-corrected chi connectivity index (χ2v) is 4.24. The first kappa shape index (κ1) is 14.2. The Labute approximate surface area is 119 Å². The van der Waals surface area contributed by atoms with E-state index in [0.29, 0.717) is 12.5 Å². The smallest absolute Gasteiger partial charge is 0.188 e. The van der Waals surface area contributed by atoms with Crippen molar-refractivity contribution in [3.05, 3.63) is 30.1 Å². The first-order valence-corrected chi connectivity index (χ1v) is 5.77. The molecule has 2 rings (SSSR count). The number of aliphatic imine (C=N–C) groups is 1. The Morgan fingerprint density at radius 2 is 2.35 bits per heavy atom. The van der Waals surface area contributed by atoms with Gasteiger partial charge in [0, 0.05) is 18.9 Å². The van der Waals surface area contributed by atoms with Gasteiger partial charge in [-0.1, -0.05) is 12.5 Å². The monoisotopic (exact) mass is 346 g/mol. The van der Waals surface area contributed by atoms with Crippen LogP contribution in [0, 0.1) is 5.92 Å². The van der Waals surface area contributed by atoms with Crippen LogP contribution in [0.15, 0.2) is 29.5 Å². The minimum atomic E-state index is 0. The van der Waals surface area contributed by atoms with Crippen LogP contribution >= 0.6 is 24.0 Å². The van der Waals surface area contributed by atoms with Gasteiger partial charge in [-0.15, -0.1) is 24.0 Å². The molecule has 1 heterocycles. The quantitative estimate of drug-likeness (QED) is 0.497. The van der Waals surface area contributed by atoms with Crippen molar-refractivity contribution in [1.29, 1.82) is 0 Å². The van der Waals surface area contributed by atoms with Gasteiger partial charge in [0.25, 0.3) is 0 Å². The Morgan fingerprint density at radius 3 is 2.94 bits per heavy atom. The van der Waals surface area contributed by atoms with Gasteiger partial charge in [-0.2, -0.15) is 0 Å². The molecule has 0 bridgehead atoms. The molecule has 1 aliphatic carbocycles. The number of pyridine rings is 1. The first-order chi connectivity index (χ1) is 7.84. The van der Waals surface area contributed by atoms with Crippen LogP contribution in [0.4, 0.5) is 0 Å². The highest BCUT2D eigenvalue weighted by Gasteiger charge is 2.16.